The molecule has 0 rings (SSSR count). The summed E-state index contributed by atoms with van der Waals surface area (Å²) in [7, 11) is 0. The lowest BCUT2D eigenvalue weighted by Gasteiger charge is -2.12. The van der Waals surface area contributed by atoms with Crippen LogP contribution < -0.4 is 0 Å². The highest BCUT2D eigenvalue weighted by atomic mass is 27.2. The minimum atomic E-state index is -1.06. The molecule has 2 heteroatoms. The average Bonchev–Trinajstić information content (AvgIpc) is 1.83. The van der Waals surface area contributed by atoms with Gasteiger partial charge in [0.15, 0.2) is 0 Å². The highest BCUT2D eigenvalue weighted by Gasteiger charge is 2.25. The van der Waals surface area contributed by atoms with Gasteiger partial charge in [-0.3, -0.25) is 0 Å². The predicted molar refractivity (Wildman–Crippen MR) is 55.7 cm³/mol. The number of carbonyl (C=O) groups excluding carboxylic acids is 1. The van der Waals surface area contributed by atoms with Gasteiger partial charge in [-0.2, -0.15) is 0 Å². The van der Waals surface area contributed by atoms with Gasteiger partial charge in [0.25, 0.3) is 0 Å². The van der Waals surface area contributed by atoms with Crippen LogP contribution >= 0.6 is 0 Å². The van der Waals surface area contributed by atoms with Gasteiger partial charge in [-0.05, 0) is 6.92 Å². The van der Waals surface area contributed by atoms with E-state index in [2.05, 4.69) is 27.7 Å². The van der Waals surface area contributed by atoms with Crippen molar-refractivity contribution in [1.29, 1.82) is 0 Å². The lowest BCUT2D eigenvalue weighted by atomic mass is 10.3. The maximum Gasteiger partial charge on any atom is 0.365 e. The zero-order chi connectivity index (χ0) is 9.72. The van der Waals surface area contributed by atoms with E-state index in [-0.39, 0.29) is 0 Å². The minimum Gasteiger partial charge on any atom is -0.321 e. The van der Waals surface area contributed by atoms with Crippen molar-refractivity contribution in [1.82, 2.24) is 0 Å². The normalized spacial score (nSPS) is 10.9. The van der Waals surface area contributed by atoms with Crippen LogP contribution in [0.4, 0.5) is 0 Å². The Labute approximate surface area is 80.9 Å². The van der Waals surface area contributed by atoms with Crippen molar-refractivity contribution in [3.8, 4) is 0 Å². The third-order valence-corrected chi connectivity index (χ3v) is 6.26. The quantitative estimate of drug-likeness (QED) is 0.600. The Hall–Kier alpha value is 0.202. The molecule has 0 spiro atoms. The first-order valence-electron chi connectivity index (χ1n) is 4.94. The number of rotatable bonds is 5. The first-order valence-corrected chi connectivity index (χ1v) is 7.15. The fraction of sp³-hybridized carbons (Fsp3) is 0.900. The topological polar surface area (TPSA) is 17.1 Å². The number of carbonyl (C=O) groups is 1. The molecule has 0 aromatic heterocycles. The molecule has 0 saturated heterocycles. The summed E-state index contributed by atoms with van der Waals surface area (Å²) < 4.78 is 0.498. The second kappa shape index (κ2) is 5.78. The standard InChI is InChI=1S/2C4H9.C2H3O.Al/c2*1-4(2)3;1-2-3;/h2*4H,1H2,2-3H3;1H3;. The van der Waals surface area contributed by atoms with Gasteiger partial charge in [0, 0.05) is 4.65 Å². The Morgan fingerprint density at radius 2 is 1.42 bits per heavy atom. The molecule has 12 heavy (non-hydrogen) atoms. The van der Waals surface area contributed by atoms with Gasteiger partial charge in [-0.15, -0.1) is 0 Å². The second-order valence-electron chi connectivity index (χ2n) is 4.57. The number of hydrogen-bond donors (Lipinski definition) is 0. The van der Waals surface area contributed by atoms with Crippen LogP contribution in [0, 0.1) is 11.8 Å². The Morgan fingerprint density at radius 1 is 1.08 bits per heavy atom. The fourth-order valence-corrected chi connectivity index (χ4v) is 4.70. The Bertz CT molecular complexity index is 131. The highest BCUT2D eigenvalue weighted by Crippen LogP contribution is 2.14. The van der Waals surface area contributed by atoms with Gasteiger partial charge >= 0.3 is 14.1 Å². The minimum absolute atomic E-state index is 0.498. The molecule has 1 nitrogen and oxygen atoms in total. The number of hydrogen-bond acceptors (Lipinski definition) is 1. The van der Waals surface area contributed by atoms with Crippen molar-refractivity contribution >= 4 is 18.8 Å². The summed E-state index contributed by atoms with van der Waals surface area (Å²) in [5.74, 6) is 1.40. The first-order chi connectivity index (χ1) is 5.43. The molecule has 0 amide bonds. The van der Waals surface area contributed by atoms with Crippen molar-refractivity contribution in [2.24, 2.45) is 11.8 Å². The predicted octanol–water partition coefficient (Wildman–Crippen LogP) is 2.92. The van der Waals surface area contributed by atoms with Crippen LogP contribution in [0.1, 0.15) is 34.6 Å². The largest absolute Gasteiger partial charge is 0.365 e. The van der Waals surface area contributed by atoms with Gasteiger partial charge in [0.2, 0.25) is 0 Å². The molecule has 0 aliphatic rings. The molecule has 0 aromatic rings. The fourth-order valence-electron chi connectivity index (χ4n) is 1.57. The van der Waals surface area contributed by atoms with Crippen LogP contribution in [0.2, 0.25) is 10.6 Å². The van der Waals surface area contributed by atoms with Gasteiger partial charge in [-0.25, -0.2) is 0 Å². The summed E-state index contributed by atoms with van der Waals surface area (Å²) in [5, 5.41) is 2.38. The molecule has 0 saturated carbocycles. The molecular formula is C10H21AlO. The van der Waals surface area contributed by atoms with E-state index in [0.717, 1.165) is 0 Å². The van der Waals surface area contributed by atoms with E-state index in [1.807, 2.05) is 0 Å². The molecule has 70 valence electrons. The Morgan fingerprint density at radius 3 is 1.58 bits per heavy atom. The summed E-state index contributed by atoms with van der Waals surface area (Å²) in [6.07, 6.45) is 0. The average molecular weight is 184 g/mol. The SMILES string of the molecule is C[C](=O)[Al]([CH2]C(C)C)[CH2]C(C)C. The van der Waals surface area contributed by atoms with Crippen LogP contribution in [0.25, 0.3) is 0 Å². The molecule has 0 heterocycles. The second-order valence-corrected chi connectivity index (χ2v) is 7.72. The molecule has 0 fully saturated rings. The highest BCUT2D eigenvalue weighted by molar-refractivity contribution is 6.89. The van der Waals surface area contributed by atoms with E-state index >= 15 is 0 Å². The monoisotopic (exact) mass is 184 g/mol. The molecule has 0 atom stereocenters. The molecule has 0 radical (unpaired) electrons. The molecule has 0 aliphatic carbocycles. The maximum atomic E-state index is 11.3. The van der Waals surface area contributed by atoms with Crippen molar-refractivity contribution in [3.63, 3.8) is 0 Å². The third-order valence-electron chi connectivity index (χ3n) is 2.09. The van der Waals surface area contributed by atoms with Gasteiger partial charge in [-0.1, -0.05) is 50.1 Å². The van der Waals surface area contributed by atoms with Crippen LogP contribution in [-0.4, -0.2) is 18.8 Å². The molecule has 0 N–H and O–H groups in total. The van der Waals surface area contributed by atoms with Crippen LogP contribution in [0.3, 0.4) is 0 Å². The molecule has 0 bridgehead atoms. The summed E-state index contributed by atoms with van der Waals surface area (Å²) in [4.78, 5) is 11.3. The smallest absolute Gasteiger partial charge is 0.321 e. The van der Waals surface area contributed by atoms with E-state index in [1.165, 1.54) is 10.6 Å². The Balaban J connectivity index is 3.96. The third kappa shape index (κ3) is 5.80. The van der Waals surface area contributed by atoms with Crippen molar-refractivity contribution in [2.75, 3.05) is 0 Å². The molecule has 0 unspecified atom stereocenters. The van der Waals surface area contributed by atoms with Crippen molar-refractivity contribution in [2.45, 2.75) is 45.2 Å². The lowest BCUT2D eigenvalue weighted by molar-refractivity contribution is -0.110. The summed E-state index contributed by atoms with van der Waals surface area (Å²) in [5.41, 5.74) is 0. The van der Waals surface area contributed by atoms with Gasteiger partial charge in [0.1, 0.15) is 0 Å². The summed E-state index contributed by atoms with van der Waals surface area (Å²) in [6.45, 7) is 10.6. The summed E-state index contributed by atoms with van der Waals surface area (Å²) >= 11 is -1.06. The van der Waals surface area contributed by atoms with E-state index in [4.69, 9.17) is 0 Å². The van der Waals surface area contributed by atoms with Crippen LogP contribution in [0.15, 0.2) is 0 Å². The van der Waals surface area contributed by atoms with E-state index in [0.29, 0.717) is 16.5 Å². The zero-order valence-corrected chi connectivity index (χ0v) is 10.2. The maximum absolute atomic E-state index is 11.3. The van der Waals surface area contributed by atoms with Crippen molar-refractivity contribution in [3.05, 3.63) is 0 Å². The molecular weight excluding hydrogens is 163 g/mol. The van der Waals surface area contributed by atoms with Crippen LogP contribution in [0.5, 0.6) is 0 Å². The van der Waals surface area contributed by atoms with E-state index in [9.17, 15) is 4.79 Å². The summed E-state index contributed by atoms with van der Waals surface area (Å²) in [6, 6.07) is 0. The molecule has 0 aromatic carbocycles. The van der Waals surface area contributed by atoms with Crippen LogP contribution in [-0.2, 0) is 4.79 Å². The lowest BCUT2D eigenvalue weighted by Crippen LogP contribution is -2.26. The van der Waals surface area contributed by atoms with Gasteiger partial charge in [0.05, 0.1) is 0 Å². The Kier molecular flexibility index (Phi) is 5.88. The van der Waals surface area contributed by atoms with Crippen molar-refractivity contribution < 1.29 is 4.79 Å². The van der Waals surface area contributed by atoms with Gasteiger partial charge < -0.3 is 4.79 Å². The first kappa shape index (κ1) is 12.2. The van der Waals surface area contributed by atoms with E-state index < -0.39 is 14.1 Å². The zero-order valence-electron chi connectivity index (χ0n) is 9.05. The molecule has 0 aliphatic heterocycles. The van der Waals surface area contributed by atoms with E-state index in [1.54, 1.807) is 6.92 Å².